The Hall–Kier alpha value is -1.64. The smallest absolute Gasteiger partial charge is 0.303 e. The molecule has 2 aliphatic rings. The predicted molar refractivity (Wildman–Crippen MR) is 59.6 cm³/mol. The highest BCUT2D eigenvalue weighted by molar-refractivity contribution is 5.88. The lowest BCUT2D eigenvalue weighted by Gasteiger charge is -2.19. The molecule has 0 aromatic heterocycles. The van der Waals surface area contributed by atoms with Gasteiger partial charge < -0.3 is 4.74 Å². The maximum Gasteiger partial charge on any atom is 0.303 e. The zero-order valence-electron chi connectivity index (χ0n) is 9.13. The Kier molecular flexibility index (Phi) is 3.04. The lowest BCUT2D eigenvalue weighted by molar-refractivity contribution is -0.147. The second-order valence-electron chi connectivity index (χ2n) is 4.04. The maximum absolute atomic E-state index is 12.1. The van der Waals surface area contributed by atoms with E-state index in [-0.39, 0.29) is 23.6 Å². The number of esters is 1. The summed E-state index contributed by atoms with van der Waals surface area (Å²) in [5.74, 6) is -0.660. The zero-order valence-corrected chi connectivity index (χ0v) is 9.13. The van der Waals surface area contributed by atoms with Crippen molar-refractivity contribution in [1.82, 2.24) is 0 Å². The van der Waals surface area contributed by atoms with E-state index in [0.29, 0.717) is 6.42 Å². The molecular weight excluding hydrogens is 204 g/mol. The van der Waals surface area contributed by atoms with Crippen molar-refractivity contribution in [1.29, 1.82) is 0 Å². The lowest BCUT2D eigenvalue weighted by Crippen LogP contribution is -2.30. The van der Waals surface area contributed by atoms with Gasteiger partial charge in [-0.1, -0.05) is 30.4 Å². The molecule has 0 aromatic rings. The van der Waals surface area contributed by atoms with Crippen molar-refractivity contribution >= 4 is 11.8 Å². The quantitative estimate of drug-likeness (QED) is 0.498. The van der Waals surface area contributed by atoms with Crippen LogP contribution < -0.4 is 0 Å². The van der Waals surface area contributed by atoms with Crippen LogP contribution in [0.2, 0.25) is 0 Å². The number of ether oxygens (including phenoxy) is 1. The van der Waals surface area contributed by atoms with Crippen molar-refractivity contribution < 1.29 is 14.3 Å². The average Bonchev–Trinajstić information content (AvgIpc) is 2.48. The number of carbonyl (C=O) groups is 2. The first-order valence-electron chi connectivity index (χ1n) is 5.41. The summed E-state index contributed by atoms with van der Waals surface area (Å²) in [5, 5.41) is 0. The van der Waals surface area contributed by atoms with Crippen molar-refractivity contribution in [2.45, 2.75) is 19.4 Å². The molecule has 0 aliphatic heterocycles. The Morgan fingerprint density at radius 3 is 2.81 bits per heavy atom. The SMILES string of the molecule is CC(=O)O[C@@H]1C=CC[C@@H]2C=CC=C[C@H]1C2=O. The van der Waals surface area contributed by atoms with Crippen LogP contribution in [0.1, 0.15) is 13.3 Å². The highest BCUT2D eigenvalue weighted by Crippen LogP contribution is 2.26. The summed E-state index contributed by atoms with van der Waals surface area (Å²) in [6.07, 6.45) is 11.4. The van der Waals surface area contributed by atoms with E-state index in [9.17, 15) is 9.59 Å². The van der Waals surface area contributed by atoms with Crippen LogP contribution >= 0.6 is 0 Å². The van der Waals surface area contributed by atoms with Gasteiger partial charge in [0.25, 0.3) is 0 Å². The van der Waals surface area contributed by atoms with Gasteiger partial charge in [0.1, 0.15) is 6.10 Å². The summed E-state index contributed by atoms with van der Waals surface area (Å²) in [6.45, 7) is 1.36. The van der Waals surface area contributed by atoms with Crippen LogP contribution in [-0.4, -0.2) is 17.9 Å². The van der Waals surface area contributed by atoms with Crippen molar-refractivity contribution in [3.63, 3.8) is 0 Å². The number of allylic oxidation sites excluding steroid dienone is 4. The summed E-state index contributed by atoms with van der Waals surface area (Å²) < 4.78 is 5.16. The Balaban J connectivity index is 2.28. The summed E-state index contributed by atoms with van der Waals surface area (Å²) in [5.41, 5.74) is 0. The standard InChI is InChI=1S/C13H14O3/c1-9(14)16-12-8-4-6-10-5-2-3-7-11(12)13(10)15/h2-5,7-8,10-12H,6H2,1H3/t10-,11+,12+/m0/s1. The van der Waals surface area contributed by atoms with Gasteiger partial charge in [-0.15, -0.1) is 0 Å². The number of carbonyl (C=O) groups excluding carboxylic acids is 2. The molecule has 0 aromatic carbocycles. The Morgan fingerprint density at radius 2 is 2.06 bits per heavy atom. The van der Waals surface area contributed by atoms with Gasteiger partial charge in [0.05, 0.1) is 5.92 Å². The average molecular weight is 218 g/mol. The van der Waals surface area contributed by atoms with Gasteiger partial charge in [0, 0.05) is 12.8 Å². The minimum absolute atomic E-state index is 0.0863. The van der Waals surface area contributed by atoms with E-state index < -0.39 is 6.10 Å². The van der Waals surface area contributed by atoms with Gasteiger partial charge in [-0.25, -0.2) is 0 Å². The van der Waals surface area contributed by atoms with Gasteiger partial charge in [-0.2, -0.15) is 0 Å². The van der Waals surface area contributed by atoms with Crippen LogP contribution in [0.15, 0.2) is 36.5 Å². The fraction of sp³-hybridized carbons (Fsp3) is 0.385. The Bertz CT molecular complexity index is 390. The fourth-order valence-corrected chi connectivity index (χ4v) is 2.07. The Labute approximate surface area is 94.5 Å². The minimum Gasteiger partial charge on any atom is -0.457 e. The third-order valence-electron chi connectivity index (χ3n) is 2.84. The van der Waals surface area contributed by atoms with Crippen molar-refractivity contribution in [3.05, 3.63) is 36.5 Å². The van der Waals surface area contributed by atoms with E-state index in [0.717, 1.165) is 0 Å². The van der Waals surface area contributed by atoms with Gasteiger partial charge in [-0.05, 0) is 12.5 Å². The van der Waals surface area contributed by atoms with Crippen molar-refractivity contribution in [2.75, 3.05) is 0 Å². The second-order valence-corrected chi connectivity index (χ2v) is 4.04. The number of Topliss-reactive ketones (excluding diaryl/α,β-unsaturated/α-hetero) is 1. The van der Waals surface area contributed by atoms with E-state index in [4.69, 9.17) is 4.74 Å². The molecule has 0 saturated heterocycles. The summed E-state index contributed by atoms with van der Waals surface area (Å²) in [4.78, 5) is 23.1. The van der Waals surface area contributed by atoms with Gasteiger partial charge in [0.15, 0.2) is 5.78 Å². The first-order valence-corrected chi connectivity index (χ1v) is 5.41. The van der Waals surface area contributed by atoms with E-state index in [2.05, 4.69) is 0 Å². The van der Waals surface area contributed by atoms with Crippen molar-refractivity contribution in [3.8, 4) is 0 Å². The summed E-state index contributed by atoms with van der Waals surface area (Å²) >= 11 is 0. The number of fused-ring (bicyclic) bond motifs is 2. The summed E-state index contributed by atoms with van der Waals surface area (Å²) in [7, 11) is 0. The van der Waals surface area contributed by atoms with E-state index in [1.165, 1.54) is 6.92 Å². The molecule has 0 unspecified atom stereocenters. The molecule has 0 radical (unpaired) electrons. The monoisotopic (exact) mass is 218 g/mol. The molecule has 0 amide bonds. The molecule has 0 fully saturated rings. The topological polar surface area (TPSA) is 43.4 Å². The molecule has 3 atom stereocenters. The minimum atomic E-state index is -0.453. The normalized spacial score (nSPS) is 32.1. The van der Waals surface area contributed by atoms with Crippen LogP contribution in [0.4, 0.5) is 0 Å². The molecule has 0 heterocycles. The molecule has 2 rings (SSSR count). The Morgan fingerprint density at radius 1 is 1.31 bits per heavy atom. The van der Waals surface area contributed by atoms with Gasteiger partial charge >= 0.3 is 5.97 Å². The second kappa shape index (κ2) is 4.47. The first kappa shape index (κ1) is 10.9. The molecular formula is C13H14O3. The largest absolute Gasteiger partial charge is 0.457 e. The molecule has 3 heteroatoms. The number of rotatable bonds is 1. The number of hydrogen-bond donors (Lipinski definition) is 0. The van der Waals surface area contributed by atoms with Crippen molar-refractivity contribution in [2.24, 2.45) is 11.8 Å². The van der Waals surface area contributed by atoms with Crippen LogP contribution in [0.5, 0.6) is 0 Å². The third kappa shape index (κ3) is 2.13. The van der Waals surface area contributed by atoms with E-state index >= 15 is 0 Å². The summed E-state index contributed by atoms with van der Waals surface area (Å²) in [6, 6.07) is 0. The zero-order chi connectivity index (χ0) is 11.5. The molecule has 2 bridgehead atoms. The lowest BCUT2D eigenvalue weighted by atomic mass is 9.90. The highest BCUT2D eigenvalue weighted by atomic mass is 16.5. The van der Waals surface area contributed by atoms with Gasteiger partial charge in [0.2, 0.25) is 0 Å². The van der Waals surface area contributed by atoms with Gasteiger partial charge in [-0.3, -0.25) is 9.59 Å². The molecule has 84 valence electrons. The first-order chi connectivity index (χ1) is 7.68. The number of ketones is 1. The van der Waals surface area contributed by atoms with E-state index in [1.807, 2.05) is 36.5 Å². The van der Waals surface area contributed by atoms with Crippen LogP contribution in [0.3, 0.4) is 0 Å². The molecule has 16 heavy (non-hydrogen) atoms. The van der Waals surface area contributed by atoms with Crippen LogP contribution in [0, 0.1) is 11.8 Å². The molecule has 0 saturated carbocycles. The fourth-order valence-electron chi connectivity index (χ4n) is 2.07. The van der Waals surface area contributed by atoms with Crippen LogP contribution in [0.25, 0.3) is 0 Å². The molecule has 0 N–H and O–H groups in total. The van der Waals surface area contributed by atoms with E-state index in [1.54, 1.807) is 0 Å². The third-order valence-corrected chi connectivity index (χ3v) is 2.84. The molecule has 3 nitrogen and oxygen atoms in total. The molecule has 2 aliphatic carbocycles. The molecule has 0 spiro atoms. The highest BCUT2D eigenvalue weighted by Gasteiger charge is 2.33. The predicted octanol–water partition coefficient (Wildman–Crippen LogP) is 1.81. The maximum atomic E-state index is 12.1. The van der Waals surface area contributed by atoms with Crippen LogP contribution in [-0.2, 0) is 14.3 Å². The number of hydrogen-bond acceptors (Lipinski definition) is 3.